The van der Waals surface area contributed by atoms with Crippen molar-refractivity contribution in [3.05, 3.63) is 35.4 Å². The van der Waals surface area contributed by atoms with Crippen LogP contribution in [0.3, 0.4) is 0 Å². The topological polar surface area (TPSA) is 46.3 Å². The number of piperidine rings is 1. The van der Waals surface area contributed by atoms with E-state index in [1.54, 1.807) is 0 Å². The van der Waals surface area contributed by atoms with E-state index in [0.29, 0.717) is 24.3 Å². The number of carbonyl (C=O) groups excluding carboxylic acids is 1. The Hall–Kier alpha value is -1.35. The number of likely N-dealkylation sites (tertiary alicyclic amines) is 1. The first-order chi connectivity index (χ1) is 11.2. The van der Waals surface area contributed by atoms with Crippen LogP contribution in [0.25, 0.3) is 0 Å². The first-order valence-electron chi connectivity index (χ1n) is 9.26. The fraction of sp³-hybridized carbons (Fsp3) is 0.650. The number of hydrogen-bond donors (Lipinski definition) is 1. The Labute approximate surface area is 140 Å². The van der Waals surface area contributed by atoms with E-state index in [1.807, 2.05) is 0 Å². The van der Waals surface area contributed by atoms with Crippen LogP contribution in [0.2, 0.25) is 0 Å². The Bertz CT molecular complexity index is 534. The maximum atomic E-state index is 12.8. The summed E-state index contributed by atoms with van der Waals surface area (Å²) in [6.07, 6.45) is 7.01. The minimum absolute atomic E-state index is 0.279. The lowest BCUT2D eigenvalue weighted by atomic mass is 9.79. The predicted octanol–water partition coefficient (Wildman–Crippen LogP) is 3.68. The van der Waals surface area contributed by atoms with Gasteiger partial charge in [0.1, 0.15) is 0 Å². The predicted molar refractivity (Wildman–Crippen MR) is 94.0 cm³/mol. The molecule has 1 saturated carbocycles. The standard InChI is InChI=1S/C20H30N2O/c1-15-5-2-3-8-19(15)20(23)22-11-9-17(10-12-22)18-7-4-6-16(13-18)14-21/h4,6-7,13,15,17,19H,2-3,5,8-12,14,21H2,1H3. The highest BCUT2D eigenvalue weighted by atomic mass is 16.2. The summed E-state index contributed by atoms with van der Waals surface area (Å²) in [4.78, 5) is 15.0. The monoisotopic (exact) mass is 314 g/mol. The molecule has 2 atom stereocenters. The van der Waals surface area contributed by atoms with Crippen molar-refractivity contribution < 1.29 is 4.79 Å². The molecule has 1 amide bonds. The Balaban J connectivity index is 1.58. The molecule has 2 aliphatic rings. The molecule has 126 valence electrons. The van der Waals surface area contributed by atoms with E-state index in [1.165, 1.54) is 30.4 Å². The largest absolute Gasteiger partial charge is 0.342 e. The highest BCUT2D eigenvalue weighted by Crippen LogP contribution is 2.34. The first-order valence-corrected chi connectivity index (χ1v) is 9.26. The molecular weight excluding hydrogens is 284 g/mol. The molecule has 1 heterocycles. The van der Waals surface area contributed by atoms with Crippen LogP contribution in [0.4, 0.5) is 0 Å². The molecular formula is C20H30N2O. The average molecular weight is 314 g/mol. The van der Waals surface area contributed by atoms with Gasteiger partial charge >= 0.3 is 0 Å². The van der Waals surface area contributed by atoms with Crippen LogP contribution < -0.4 is 5.73 Å². The van der Waals surface area contributed by atoms with Crippen LogP contribution in [-0.4, -0.2) is 23.9 Å². The summed E-state index contributed by atoms with van der Waals surface area (Å²) < 4.78 is 0. The van der Waals surface area contributed by atoms with Gasteiger partial charge in [-0.1, -0.05) is 44.0 Å². The zero-order chi connectivity index (χ0) is 16.2. The molecule has 1 aliphatic heterocycles. The van der Waals surface area contributed by atoms with Gasteiger partial charge in [-0.2, -0.15) is 0 Å². The van der Waals surface area contributed by atoms with Gasteiger partial charge in [-0.3, -0.25) is 4.79 Å². The fourth-order valence-corrected chi connectivity index (χ4v) is 4.32. The minimum Gasteiger partial charge on any atom is -0.342 e. The average Bonchev–Trinajstić information content (AvgIpc) is 2.62. The molecule has 3 heteroatoms. The van der Waals surface area contributed by atoms with E-state index in [2.05, 4.69) is 36.1 Å². The highest BCUT2D eigenvalue weighted by Gasteiger charge is 2.33. The number of nitrogens with zero attached hydrogens (tertiary/aromatic N) is 1. The fourth-order valence-electron chi connectivity index (χ4n) is 4.32. The Morgan fingerprint density at radius 3 is 2.61 bits per heavy atom. The van der Waals surface area contributed by atoms with Crippen LogP contribution in [0.1, 0.15) is 62.5 Å². The summed E-state index contributed by atoms with van der Waals surface area (Å²) in [6, 6.07) is 8.65. The lowest BCUT2D eigenvalue weighted by Crippen LogP contribution is -2.43. The maximum Gasteiger partial charge on any atom is 0.225 e. The third kappa shape index (κ3) is 3.77. The van der Waals surface area contributed by atoms with Crippen LogP contribution in [0.5, 0.6) is 0 Å². The van der Waals surface area contributed by atoms with Crippen molar-refractivity contribution in [1.29, 1.82) is 0 Å². The van der Waals surface area contributed by atoms with E-state index in [-0.39, 0.29) is 5.92 Å². The third-order valence-electron chi connectivity index (χ3n) is 5.89. The van der Waals surface area contributed by atoms with E-state index in [0.717, 1.165) is 32.4 Å². The summed E-state index contributed by atoms with van der Waals surface area (Å²) in [5.41, 5.74) is 8.35. The van der Waals surface area contributed by atoms with Crippen molar-refractivity contribution in [1.82, 2.24) is 4.90 Å². The molecule has 2 N–H and O–H groups in total. The van der Waals surface area contributed by atoms with Gasteiger partial charge < -0.3 is 10.6 Å². The molecule has 0 radical (unpaired) electrons. The van der Waals surface area contributed by atoms with Crippen molar-refractivity contribution >= 4 is 5.91 Å². The molecule has 0 aromatic heterocycles. The van der Waals surface area contributed by atoms with Gasteiger partial charge in [0.2, 0.25) is 5.91 Å². The normalized spacial score (nSPS) is 26.3. The molecule has 3 nitrogen and oxygen atoms in total. The molecule has 2 fully saturated rings. The number of rotatable bonds is 3. The van der Waals surface area contributed by atoms with Crippen molar-refractivity contribution in [2.24, 2.45) is 17.6 Å². The molecule has 0 bridgehead atoms. The Kier molecular flexibility index (Phi) is 5.37. The van der Waals surface area contributed by atoms with Crippen LogP contribution in [0.15, 0.2) is 24.3 Å². The SMILES string of the molecule is CC1CCCCC1C(=O)N1CCC(c2cccc(CN)c2)CC1. The molecule has 1 aromatic rings. The van der Waals surface area contributed by atoms with Gasteiger partial charge in [0.05, 0.1) is 0 Å². The van der Waals surface area contributed by atoms with E-state index in [9.17, 15) is 4.79 Å². The zero-order valence-corrected chi connectivity index (χ0v) is 14.3. The quantitative estimate of drug-likeness (QED) is 0.925. The first kappa shape index (κ1) is 16.5. The van der Waals surface area contributed by atoms with Crippen LogP contribution in [0, 0.1) is 11.8 Å². The van der Waals surface area contributed by atoms with Gasteiger partial charge in [-0.15, -0.1) is 0 Å². The highest BCUT2D eigenvalue weighted by molar-refractivity contribution is 5.79. The van der Waals surface area contributed by atoms with E-state index < -0.39 is 0 Å². The molecule has 3 rings (SSSR count). The van der Waals surface area contributed by atoms with E-state index in [4.69, 9.17) is 5.73 Å². The number of benzene rings is 1. The maximum absolute atomic E-state index is 12.8. The molecule has 1 saturated heterocycles. The van der Waals surface area contributed by atoms with E-state index >= 15 is 0 Å². The summed E-state index contributed by atoms with van der Waals surface area (Å²) in [6.45, 7) is 4.69. The van der Waals surface area contributed by atoms with Gasteiger partial charge in [0, 0.05) is 25.6 Å². The van der Waals surface area contributed by atoms with Crippen molar-refractivity contribution in [3.8, 4) is 0 Å². The zero-order valence-electron chi connectivity index (χ0n) is 14.3. The van der Waals surface area contributed by atoms with Gasteiger partial charge in [-0.25, -0.2) is 0 Å². The molecule has 0 spiro atoms. The molecule has 1 aliphatic carbocycles. The number of carbonyl (C=O) groups is 1. The van der Waals surface area contributed by atoms with Crippen molar-refractivity contribution in [2.75, 3.05) is 13.1 Å². The second kappa shape index (κ2) is 7.48. The van der Waals surface area contributed by atoms with Crippen molar-refractivity contribution in [2.45, 2.75) is 57.9 Å². The number of nitrogens with two attached hydrogens (primary N) is 1. The molecule has 2 unspecified atom stereocenters. The van der Waals surface area contributed by atoms with Crippen LogP contribution in [-0.2, 0) is 11.3 Å². The van der Waals surface area contributed by atoms with Gasteiger partial charge in [-0.05, 0) is 48.6 Å². The van der Waals surface area contributed by atoms with Crippen LogP contribution >= 0.6 is 0 Å². The summed E-state index contributed by atoms with van der Waals surface area (Å²) in [5.74, 6) is 1.84. The summed E-state index contributed by atoms with van der Waals surface area (Å²) in [5, 5.41) is 0. The minimum atomic E-state index is 0.279. The molecule has 1 aromatic carbocycles. The second-order valence-corrected chi connectivity index (χ2v) is 7.42. The van der Waals surface area contributed by atoms with Crippen molar-refractivity contribution in [3.63, 3.8) is 0 Å². The third-order valence-corrected chi connectivity index (χ3v) is 5.89. The van der Waals surface area contributed by atoms with Gasteiger partial charge in [0.15, 0.2) is 0 Å². The second-order valence-electron chi connectivity index (χ2n) is 7.42. The molecule has 23 heavy (non-hydrogen) atoms. The smallest absolute Gasteiger partial charge is 0.225 e. The lowest BCUT2D eigenvalue weighted by Gasteiger charge is -2.37. The Morgan fingerprint density at radius 2 is 1.91 bits per heavy atom. The summed E-state index contributed by atoms with van der Waals surface area (Å²) in [7, 11) is 0. The lowest BCUT2D eigenvalue weighted by molar-refractivity contribution is -0.139. The Morgan fingerprint density at radius 1 is 1.17 bits per heavy atom. The summed E-state index contributed by atoms with van der Waals surface area (Å²) >= 11 is 0. The van der Waals surface area contributed by atoms with Gasteiger partial charge in [0.25, 0.3) is 0 Å². The number of hydrogen-bond acceptors (Lipinski definition) is 2. The number of amides is 1.